The van der Waals surface area contributed by atoms with Crippen molar-refractivity contribution in [1.29, 1.82) is 0 Å². The number of fused-ring (bicyclic) bond motifs is 1. The van der Waals surface area contributed by atoms with Gasteiger partial charge in [0, 0.05) is 0 Å². The lowest BCUT2D eigenvalue weighted by Gasteiger charge is -2.25. The Morgan fingerprint density at radius 1 is 1.00 bits per heavy atom. The molecular weight excluding hydrogens is 600 g/mol. The number of carbonyl (C=O) groups excluding carboxylic acids is 1. The maximum atomic E-state index is 14.0. The van der Waals surface area contributed by atoms with Crippen LogP contribution in [0.2, 0.25) is 0 Å². The van der Waals surface area contributed by atoms with Crippen LogP contribution < -0.4 is 29.1 Å². The number of esters is 1. The minimum atomic E-state index is -0.704. The summed E-state index contributed by atoms with van der Waals surface area (Å²) in [6.07, 6.45) is 1.83. The molecule has 1 atom stereocenters. The summed E-state index contributed by atoms with van der Waals surface area (Å²) in [6.45, 7) is 14.3. The number of aryl methyl sites for hydroxylation is 3. The van der Waals surface area contributed by atoms with Crippen LogP contribution in [0.15, 0.2) is 75.7 Å². The third kappa shape index (κ3) is 6.79. The predicted octanol–water partition coefficient (Wildman–Crippen LogP) is 6.10. The number of ether oxygens (including phenoxy) is 4. The van der Waals surface area contributed by atoms with Crippen LogP contribution in [-0.2, 0) is 16.1 Å². The van der Waals surface area contributed by atoms with Gasteiger partial charge in [-0.25, -0.2) is 9.79 Å². The second-order valence-corrected chi connectivity index (χ2v) is 12.6. The topological polar surface area (TPSA) is 88.4 Å². The quantitative estimate of drug-likeness (QED) is 0.195. The molecule has 9 heteroatoms. The summed E-state index contributed by atoms with van der Waals surface area (Å²) < 4.78 is 25.2. The highest BCUT2D eigenvalue weighted by atomic mass is 32.1. The van der Waals surface area contributed by atoms with Crippen LogP contribution in [0.5, 0.6) is 17.2 Å². The van der Waals surface area contributed by atoms with E-state index in [1.54, 1.807) is 25.5 Å². The van der Waals surface area contributed by atoms with E-state index in [1.807, 2.05) is 62.4 Å². The molecule has 1 aliphatic rings. The van der Waals surface area contributed by atoms with Gasteiger partial charge in [-0.05, 0) is 107 Å². The van der Waals surface area contributed by atoms with E-state index in [0.29, 0.717) is 44.5 Å². The van der Waals surface area contributed by atoms with E-state index in [4.69, 9.17) is 18.9 Å². The number of aromatic nitrogens is 1. The first-order valence-electron chi connectivity index (χ1n) is 15.3. The Balaban J connectivity index is 1.53. The molecule has 5 rings (SSSR count). The van der Waals surface area contributed by atoms with Gasteiger partial charge in [0.1, 0.15) is 12.4 Å². The smallest absolute Gasteiger partial charge is 0.338 e. The molecule has 0 unspecified atom stereocenters. The molecule has 4 aromatic rings. The van der Waals surface area contributed by atoms with Crippen LogP contribution in [0.3, 0.4) is 0 Å². The molecule has 2 heterocycles. The number of rotatable bonds is 10. The van der Waals surface area contributed by atoms with Gasteiger partial charge in [-0.1, -0.05) is 47.2 Å². The average molecular weight is 641 g/mol. The number of benzene rings is 3. The molecule has 0 fully saturated rings. The normalized spacial score (nSPS) is 14.6. The van der Waals surface area contributed by atoms with Crippen molar-refractivity contribution in [3.63, 3.8) is 0 Å². The van der Waals surface area contributed by atoms with E-state index >= 15 is 0 Å². The van der Waals surface area contributed by atoms with Crippen molar-refractivity contribution in [3.05, 3.63) is 119 Å². The minimum Gasteiger partial charge on any atom is -0.493 e. The first-order chi connectivity index (χ1) is 22.0. The van der Waals surface area contributed by atoms with E-state index < -0.39 is 12.0 Å². The van der Waals surface area contributed by atoms with Crippen LogP contribution in [0.4, 0.5) is 0 Å². The van der Waals surface area contributed by atoms with Gasteiger partial charge in [-0.2, -0.15) is 0 Å². The highest BCUT2D eigenvalue weighted by molar-refractivity contribution is 7.07. The summed E-state index contributed by atoms with van der Waals surface area (Å²) in [6, 6.07) is 16.6. The number of nitrogens with zero attached hydrogens (tertiary/aromatic N) is 2. The zero-order valence-corrected chi connectivity index (χ0v) is 28.4. The summed E-state index contributed by atoms with van der Waals surface area (Å²) in [5.41, 5.74) is 6.85. The van der Waals surface area contributed by atoms with E-state index in [0.717, 1.165) is 16.7 Å². The van der Waals surface area contributed by atoms with E-state index in [1.165, 1.54) is 28.0 Å². The lowest BCUT2D eigenvalue weighted by atomic mass is 9.96. The third-order valence-corrected chi connectivity index (χ3v) is 8.77. The van der Waals surface area contributed by atoms with Crippen LogP contribution >= 0.6 is 11.3 Å². The number of thiazole rings is 1. The standard InChI is InChI=1S/C37H40N2O6S/c1-9-43-36(41)33-25(7)38-37-39(34(33)27-11-13-28(14-12-27)45-21(2)3)35(40)32(46-37)19-26-10-15-30(31(18-26)42-8)44-20-29-23(5)16-22(4)17-24(29)6/h10-19,21,34H,9,20H2,1-8H3/b32-19-/t34-/m1/s1. The molecule has 0 saturated carbocycles. The fourth-order valence-electron chi connectivity index (χ4n) is 5.74. The Morgan fingerprint density at radius 2 is 1.70 bits per heavy atom. The molecule has 8 nitrogen and oxygen atoms in total. The van der Waals surface area contributed by atoms with E-state index in [9.17, 15) is 9.59 Å². The Hall–Kier alpha value is -4.63. The summed E-state index contributed by atoms with van der Waals surface area (Å²) >= 11 is 1.27. The van der Waals surface area contributed by atoms with Crippen molar-refractivity contribution in [1.82, 2.24) is 4.57 Å². The van der Waals surface area contributed by atoms with Crippen molar-refractivity contribution in [2.75, 3.05) is 13.7 Å². The highest BCUT2D eigenvalue weighted by Gasteiger charge is 2.33. The molecule has 0 amide bonds. The number of carbonyl (C=O) groups is 1. The van der Waals surface area contributed by atoms with Crippen LogP contribution in [-0.4, -0.2) is 30.4 Å². The van der Waals surface area contributed by atoms with Crippen molar-refractivity contribution in [2.24, 2.45) is 4.99 Å². The highest BCUT2D eigenvalue weighted by Crippen LogP contribution is 2.33. The first-order valence-corrected chi connectivity index (χ1v) is 16.2. The summed E-state index contributed by atoms with van der Waals surface area (Å²) in [4.78, 5) is 32.4. The largest absolute Gasteiger partial charge is 0.493 e. The zero-order chi connectivity index (χ0) is 33.1. The van der Waals surface area contributed by atoms with Crippen LogP contribution in [0.1, 0.15) is 67.1 Å². The third-order valence-electron chi connectivity index (χ3n) is 7.78. The fraction of sp³-hybridized carbons (Fsp3) is 0.324. The fourth-order valence-corrected chi connectivity index (χ4v) is 6.79. The van der Waals surface area contributed by atoms with E-state index in [-0.39, 0.29) is 18.3 Å². The number of allylic oxidation sites excluding steroid dienone is 1. The molecule has 0 spiro atoms. The summed E-state index contributed by atoms with van der Waals surface area (Å²) in [5.74, 6) is 1.38. The molecule has 0 bridgehead atoms. The Labute approximate surface area is 273 Å². The predicted molar refractivity (Wildman–Crippen MR) is 181 cm³/mol. The Bertz CT molecular complexity index is 1960. The lowest BCUT2D eigenvalue weighted by Crippen LogP contribution is -2.39. The van der Waals surface area contributed by atoms with Crippen LogP contribution in [0, 0.1) is 20.8 Å². The maximum absolute atomic E-state index is 14.0. The van der Waals surface area contributed by atoms with E-state index in [2.05, 4.69) is 37.9 Å². The molecule has 3 aromatic carbocycles. The SMILES string of the molecule is CCOC(=O)C1=C(C)N=c2s/c(=C\c3ccc(OCc4c(C)cc(C)cc4C)c(OC)c3)c(=O)n2[C@@H]1c1ccc(OC(C)C)cc1. The van der Waals surface area contributed by atoms with Crippen molar-refractivity contribution in [2.45, 2.75) is 67.2 Å². The molecule has 1 aromatic heterocycles. The number of hydrogen-bond acceptors (Lipinski definition) is 8. The van der Waals surface area contributed by atoms with Crippen LogP contribution in [0.25, 0.3) is 6.08 Å². The van der Waals surface area contributed by atoms with Gasteiger partial charge in [0.05, 0.1) is 41.7 Å². The molecule has 240 valence electrons. The lowest BCUT2D eigenvalue weighted by molar-refractivity contribution is -0.139. The van der Waals surface area contributed by atoms with Gasteiger partial charge >= 0.3 is 5.97 Å². The Morgan fingerprint density at radius 3 is 2.33 bits per heavy atom. The average Bonchev–Trinajstić information content (AvgIpc) is 3.30. The van der Waals surface area contributed by atoms with Gasteiger partial charge in [-0.3, -0.25) is 9.36 Å². The molecular formula is C37H40N2O6S. The first kappa shape index (κ1) is 32.8. The van der Waals surface area contributed by atoms with Crippen molar-refractivity contribution >= 4 is 23.4 Å². The summed E-state index contributed by atoms with van der Waals surface area (Å²) in [5, 5.41) is 0. The second kappa shape index (κ2) is 13.8. The minimum absolute atomic E-state index is 0.0154. The Kier molecular flexibility index (Phi) is 9.82. The number of hydrogen-bond donors (Lipinski definition) is 0. The van der Waals surface area contributed by atoms with Gasteiger partial charge in [-0.15, -0.1) is 0 Å². The van der Waals surface area contributed by atoms with Gasteiger partial charge in [0.25, 0.3) is 5.56 Å². The van der Waals surface area contributed by atoms with Gasteiger partial charge in [0.15, 0.2) is 16.3 Å². The zero-order valence-electron chi connectivity index (χ0n) is 27.6. The molecule has 0 aliphatic carbocycles. The second-order valence-electron chi connectivity index (χ2n) is 11.6. The van der Waals surface area contributed by atoms with Gasteiger partial charge < -0.3 is 18.9 Å². The molecule has 0 radical (unpaired) electrons. The number of methoxy groups -OCH3 is 1. The summed E-state index contributed by atoms with van der Waals surface area (Å²) in [7, 11) is 1.60. The monoisotopic (exact) mass is 640 g/mol. The van der Waals surface area contributed by atoms with Crippen molar-refractivity contribution in [3.8, 4) is 17.2 Å². The molecule has 46 heavy (non-hydrogen) atoms. The van der Waals surface area contributed by atoms with Gasteiger partial charge in [0.2, 0.25) is 0 Å². The molecule has 0 N–H and O–H groups in total. The van der Waals surface area contributed by atoms with Crippen molar-refractivity contribution < 1.29 is 23.7 Å². The molecule has 1 aliphatic heterocycles. The maximum Gasteiger partial charge on any atom is 0.338 e. The molecule has 0 saturated heterocycles.